The molecule has 2 rings (SSSR count). The standard InChI is InChI=1S/C22H22N2O3/c1-16(23)20(22(26)27-2)24-21(25)19-14-12-18(13-15-19)11-7-6-10-17-8-4-3-5-9-17/h3-5,7-9,11-16,20H,23H2,1-2H3,(H,24,25)/t16-,20+/m1/s1. The Bertz CT molecular complexity index is 860. The number of amides is 1. The van der Waals surface area contributed by atoms with Gasteiger partial charge in [0.1, 0.15) is 6.04 Å². The highest BCUT2D eigenvalue weighted by Crippen LogP contribution is 2.07. The highest BCUT2D eigenvalue weighted by molar-refractivity contribution is 5.97. The van der Waals surface area contributed by atoms with Crippen molar-refractivity contribution in [2.24, 2.45) is 5.73 Å². The molecule has 0 bridgehead atoms. The number of benzene rings is 2. The van der Waals surface area contributed by atoms with Gasteiger partial charge in [0.15, 0.2) is 0 Å². The zero-order valence-corrected chi connectivity index (χ0v) is 15.3. The zero-order valence-electron chi connectivity index (χ0n) is 15.3. The van der Waals surface area contributed by atoms with E-state index in [9.17, 15) is 9.59 Å². The van der Waals surface area contributed by atoms with Crippen molar-refractivity contribution in [3.63, 3.8) is 0 Å². The van der Waals surface area contributed by atoms with Gasteiger partial charge in [-0.25, -0.2) is 4.79 Å². The molecule has 2 aromatic rings. The minimum Gasteiger partial charge on any atom is -0.467 e. The monoisotopic (exact) mass is 362 g/mol. The Hall–Kier alpha value is -3.36. The van der Waals surface area contributed by atoms with E-state index in [0.717, 1.165) is 11.1 Å². The van der Waals surface area contributed by atoms with Gasteiger partial charge in [-0.2, -0.15) is 0 Å². The molecule has 0 fully saturated rings. The summed E-state index contributed by atoms with van der Waals surface area (Å²) in [6.45, 7) is 1.63. The third kappa shape index (κ3) is 6.14. The highest BCUT2D eigenvalue weighted by atomic mass is 16.5. The number of carbonyl (C=O) groups excluding carboxylic acids is 2. The maximum atomic E-state index is 12.3. The van der Waals surface area contributed by atoms with Crippen LogP contribution in [0.25, 0.3) is 6.08 Å². The van der Waals surface area contributed by atoms with Crippen LogP contribution < -0.4 is 11.1 Å². The van der Waals surface area contributed by atoms with E-state index in [2.05, 4.69) is 21.9 Å². The van der Waals surface area contributed by atoms with E-state index in [-0.39, 0.29) is 5.91 Å². The molecule has 5 nitrogen and oxygen atoms in total. The first kappa shape index (κ1) is 20.0. The van der Waals surface area contributed by atoms with Crippen molar-refractivity contribution in [3.8, 4) is 11.8 Å². The number of esters is 1. The van der Waals surface area contributed by atoms with Gasteiger partial charge < -0.3 is 15.8 Å². The van der Waals surface area contributed by atoms with E-state index < -0.39 is 18.1 Å². The van der Waals surface area contributed by atoms with Crippen molar-refractivity contribution in [1.29, 1.82) is 0 Å². The number of nitrogens with two attached hydrogens (primary N) is 1. The third-order valence-electron chi connectivity index (χ3n) is 3.79. The van der Waals surface area contributed by atoms with Crippen molar-refractivity contribution in [1.82, 2.24) is 5.32 Å². The van der Waals surface area contributed by atoms with E-state index in [4.69, 9.17) is 5.73 Å². The molecule has 0 aromatic heterocycles. The smallest absolute Gasteiger partial charge is 0.329 e. The molecule has 0 aliphatic heterocycles. The fraction of sp³-hybridized carbons (Fsp3) is 0.182. The molecule has 0 heterocycles. The minimum atomic E-state index is -0.893. The van der Waals surface area contributed by atoms with E-state index in [1.54, 1.807) is 37.3 Å². The minimum absolute atomic E-state index is 0.387. The number of allylic oxidation sites excluding steroid dienone is 1. The van der Waals surface area contributed by atoms with Gasteiger partial charge >= 0.3 is 5.97 Å². The van der Waals surface area contributed by atoms with Gasteiger partial charge in [-0.15, -0.1) is 0 Å². The first-order valence-corrected chi connectivity index (χ1v) is 8.48. The Labute approximate surface area is 159 Å². The number of carbonyl (C=O) groups is 2. The number of rotatable bonds is 5. The lowest BCUT2D eigenvalue weighted by molar-refractivity contribution is -0.143. The lowest BCUT2D eigenvalue weighted by atomic mass is 10.1. The van der Waals surface area contributed by atoms with E-state index >= 15 is 0 Å². The maximum absolute atomic E-state index is 12.3. The normalized spacial score (nSPS) is 12.6. The Morgan fingerprint density at radius 1 is 1.11 bits per heavy atom. The van der Waals surface area contributed by atoms with Crippen molar-refractivity contribution in [3.05, 3.63) is 77.4 Å². The number of methoxy groups -OCH3 is 1. The van der Waals surface area contributed by atoms with Gasteiger partial charge in [0.2, 0.25) is 0 Å². The molecule has 2 atom stereocenters. The van der Waals surface area contributed by atoms with Crippen molar-refractivity contribution in [2.45, 2.75) is 19.0 Å². The molecule has 5 heteroatoms. The largest absolute Gasteiger partial charge is 0.467 e. The van der Waals surface area contributed by atoms with Crippen LogP contribution in [0.5, 0.6) is 0 Å². The summed E-state index contributed by atoms with van der Waals surface area (Å²) in [5.74, 6) is 5.04. The fourth-order valence-electron chi connectivity index (χ4n) is 2.29. The molecule has 0 saturated heterocycles. The molecule has 2 aromatic carbocycles. The van der Waals surface area contributed by atoms with Crippen LogP contribution in [0.2, 0.25) is 0 Å². The summed E-state index contributed by atoms with van der Waals surface area (Å²) in [7, 11) is 1.26. The Kier molecular flexibility index (Phi) is 7.36. The average molecular weight is 362 g/mol. The van der Waals surface area contributed by atoms with Crippen LogP contribution in [0.3, 0.4) is 0 Å². The summed E-state index contributed by atoms with van der Waals surface area (Å²) in [6, 6.07) is 15.2. The molecule has 1 amide bonds. The first-order chi connectivity index (χ1) is 13.0. The van der Waals surface area contributed by atoms with Gasteiger partial charge in [0, 0.05) is 17.2 Å². The number of hydrogen-bond acceptors (Lipinski definition) is 4. The SMILES string of the molecule is COC(=O)[C@@H](NC(=O)c1ccc(C=CC#Cc2ccccc2)cc1)[C@@H](C)N. The average Bonchev–Trinajstić information content (AvgIpc) is 2.69. The van der Waals surface area contributed by atoms with Crippen LogP contribution in [-0.2, 0) is 9.53 Å². The zero-order chi connectivity index (χ0) is 19.6. The molecular weight excluding hydrogens is 340 g/mol. The Balaban J connectivity index is 2.00. The van der Waals surface area contributed by atoms with Crippen LogP contribution in [0.15, 0.2) is 60.7 Å². The molecule has 27 heavy (non-hydrogen) atoms. The Morgan fingerprint density at radius 2 is 1.78 bits per heavy atom. The van der Waals surface area contributed by atoms with E-state index in [0.29, 0.717) is 5.56 Å². The summed E-state index contributed by atoms with van der Waals surface area (Å²) in [4.78, 5) is 24.0. The van der Waals surface area contributed by atoms with Crippen LogP contribution in [0, 0.1) is 11.8 Å². The van der Waals surface area contributed by atoms with Crippen LogP contribution in [0.4, 0.5) is 0 Å². The second kappa shape index (κ2) is 9.95. The molecule has 138 valence electrons. The summed E-state index contributed by atoms with van der Waals surface area (Å²) in [6.07, 6.45) is 3.61. The summed E-state index contributed by atoms with van der Waals surface area (Å²) >= 11 is 0. The van der Waals surface area contributed by atoms with Gasteiger partial charge in [-0.05, 0) is 48.9 Å². The van der Waals surface area contributed by atoms with Gasteiger partial charge in [0.05, 0.1) is 7.11 Å². The lowest BCUT2D eigenvalue weighted by Crippen LogP contribution is -2.51. The predicted octanol–water partition coefficient (Wildman–Crippen LogP) is 2.37. The molecule has 3 N–H and O–H groups in total. The van der Waals surface area contributed by atoms with Crippen molar-refractivity contribution in [2.75, 3.05) is 7.11 Å². The molecule has 0 saturated carbocycles. The quantitative estimate of drug-likeness (QED) is 0.632. The molecule has 0 unspecified atom stereocenters. The summed E-state index contributed by atoms with van der Waals surface area (Å²) in [5, 5.41) is 2.59. The van der Waals surface area contributed by atoms with Crippen LogP contribution in [0.1, 0.15) is 28.4 Å². The van der Waals surface area contributed by atoms with Gasteiger partial charge in [-0.1, -0.05) is 42.2 Å². The van der Waals surface area contributed by atoms with Crippen LogP contribution >= 0.6 is 0 Å². The molecule has 0 aliphatic rings. The second-order valence-electron chi connectivity index (χ2n) is 5.92. The van der Waals surface area contributed by atoms with Crippen molar-refractivity contribution < 1.29 is 14.3 Å². The van der Waals surface area contributed by atoms with Gasteiger partial charge in [-0.3, -0.25) is 4.79 Å². The van der Waals surface area contributed by atoms with Gasteiger partial charge in [0.25, 0.3) is 5.91 Å². The Morgan fingerprint density at radius 3 is 2.37 bits per heavy atom. The number of nitrogens with one attached hydrogen (secondary N) is 1. The lowest BCUT2D eigenvalue weighted by Gasteiger charge is -2.19. The van der Waals surface area contributed by atoms with Crippen LogP contribution in [-0.4, -0.2) is 31.1 Å². The van der Waals surface area contributed by atoms with E-state index in [1.807, 2.05) is 36.4 Å². The molecule has 0 spiro atoms. The number of hydrogen-bond donors (Lipinski definition) is 2. The maximum Gasteiger partial charge on any atom is 0.329 e. The predicted molar refractivity (Wildman–Crippen MR) is 106 cm³/mol. The first-order valence-electron chi connectivity index (χ1n) is 8.48. The number of ether oxygens (including phenoxy) is 1. The molecule has 0 aliphatic carbocycles. The molecule has 0 radical (unpaired) electrons. The second-order valence-corrected chi connectivity index (χ2v) is 5.92. The molecular formula is C22H22N2O3. The highest BCUT2D eigenvalue weighted by Gasteiger charge is 2.25. The summed E-state index contributed by atoms with van der Waals surface area (Å²) < 4.78 is 4.66. The van der Waals surface area contributed by atoms with Crippen molar-refractivity contribution >= 4 is 18.0 Å². The topological polar surface area (TPSA) is 81.4 Å². The third-order valence-corrected chi connectivity index (χ3v) is 3.79. The fourth-order valence-corrected chi connectivity index (χ4v) is 2.29. The summed E-state index contributed by atoms with van der Waals surface area (Å²) in [5.41, 5.74) is 8.02. The van der Waals surface area contributed by atoms with E-state index in [1.165, 1.54) is 7.11 Å².